The van der Waals surface area contributed by atoms with Crippen LogP contribution in [0.5, 0.6) is 0 Å². The summed E-state index contributed by atoms with van der Waals surface area (Å²) < 4.78 is 27.8. The van der Waals surface area contributed by atoms with Gasteiger partial charge in [0.05, 0.1) is 4.90 Å². The topological polar surface area (TPSA) is 78.5 Å². The molecule has 2 aromatic carbocycles. The Kier molecular flexibility index (Phi) is 7.16. The molecule has 0 bridgehead atoms. The van der Waals surface area contributed by atoms with Gasteiger partial charge in [0.1, 0.15) is 0 Å². The van der Waals surface area contributed by atoms with Crippen LogP contribution in [-0.2, 0) is 10.0 Å². The monoisotopic (exact) mass is 455 g/mol. The molecule has 2 fully saturated rings. The summed E-state index contributed by atoms with van der Waals surface area (Å²) in [6.07, 6.45) is 7.40. The molecule has 1 saturated carbocycles. The van der Waals surface area contributed by atoms with Crippen molar-refractivity contribution in [3.05, 3.63) is 59.7 Å². The van der Waals surface area contributed by atoms with Crippen LogP contribution < -0.4 is 10.0 Å². The van der Waals surface area contributed by atoms with Crippen LogP contribution >= 0.6 is 0 Å². The van der Waals surface area contributed by atoms with Crippen molar-refractivity contribution in [1.29, 1.82) is 0 Å². The van der Waals surface area contributed by atoms with Gasteiger partial charge in [-0.15, -0.1) is 0 Å². The zero-order valence-electron chi connectivity index (χ0n) is 18.7. The normalized spacial score (nSPS) is 18.5. The average Bonchev–Trinajstić information content (AvgIpc) is 3.30. The summed E-state index contributed by atoms with van der Waals surface area (Å²) in [5.74, 6) is 0.714. The lowest BCUT2D eigenvalue weighted by molar-refractivity contribution is 0.0905. The third kappa shape index (κ3) is 5.90. The highest BCUT2D eigenvalue weighted by molar-refractivity contribution is 7.92. The summed E-state index contributed by atoms with van der Waals surface area (Å²) >= 11 is 0. The van der Waals surface area contributed by atoms with E-state index in [1.807, 2.05) is 19.1 Å². The van der Waals surface area contributed by atoms with E-state index >= 15 is 0 Å². The molecule has 0 spiro atoms. The molecule has 0 aromatic heterocycles. The highest BCUT2D eigenvalue weighted by atomic mass is 32.2. The lowest BCUT2D eigenvalue weighted by Gasteiger charge is -2.33. The third-order valence-corrected chi connectivity index (χ3v) is 8.04. The maximum atomic E-state index is 12.7. The number of nitrogens with zero attached hydrogens (tertiary/aromatic N) is 1. The number of benzene rings is 2. The van der Waals surface area contributed by atoms with Crippen LogP contribution in [0.1, 0.15) is 54.4 Å². The van der Waals surface area contributed by atoms with E-state index in [-0.39, 0.29) is 16.8 Å². The van der Waals surface area contributed by atoms with Gasteiger partial charge in [-0.25, -0.2) is 8.42 Å². The molecule has 0 radical (unpaired) electrons. The maximum Gasteiger partial charge on any atom is 0.261 e. The number of likely N-dealkylation sites (tertiary alicyclic amines) is 1. The molecule has 32 heavy (non-hydrogen) atoms. The van der Waals surface area contributed by atoms with Gasteiger partial charge in [-0.2, -0.15) is 0 Å². The summed E-state index contributed by atoms with van der Waals surface area (Å²) in [6.45, 7) is 5.21. The van der Waals surface area contributed by atoms with E-state index in [0.717, 1.165) is 37.4 Å². The van der Waals surface area contributed by atoms with Crippen LogP contribution in [0, 0.1) is 12.8 Å². The zero-order valence-corrected chi connectivity index (χ0v) is 19.5. The molecular weight excluding hydrogens is 422 g/mol. The SMILES string of the molecule is Cc1ccc(NS(=O)(=O)c2ccc(C(=O)NC3CCN(CC4CCCC4)CC3)cc2)cc1. The molecule has 0 unspecified atom stereocenters. The van der Waals surface area contributed by atoms with Gasteiger partial charge < -0.3 is 10.2 Å². The Balaban J connectivity index is 1.29. The lowest BCUT2D eigenvalue weighted by Crippen LogP contribution is -2.45. The van der Waals surface area contributed by atoms with E-state index in [1.54, 1.807) is 24.3 Å². The molecule has 6 nitrogen and oxygen atoms in total. The van der Waals surface area contributed by atoms with E-state index in [1.165, 1.54) is 44.4 Å². The number of sulfonamides is 1. The first-order chi connectivity index (χ1) is 15.4. The fraction of sp³-hybridized carbons (Fsp3) is 0.480. The van der Waals surface area contributed by atoms with Crippen LogP contribution in [0.15, 0.2) is 53.4 Å². The maximum absolute atomic E-state index is 12.7. The Labute approximate surface area is 191 Å². The second-order valence-corrected chi connectivity index (χ2v) is 10.9. The number of rotatable bonds is 7. The molecule has 2 aromatic rings. The number of nitrogens with one attached hydrogen (secondary N) is 2. The molecule has 172 valence electrons. The smallest absolute Gasteiger partial charge is 0.261 e. The minimum atomic E-state index is -3.70. The summed E-state index contributed by atoms with van der Waals surface area (Å²) in [7, 11) is -3.70. The molecule has 7 heteroatoms. The molecule has 1 heterocycles. The number of carbonyl (C=O) groups is 1. The molecule has 0 atom stereocenters. The van der Waals surface area contributed by atoms with Crippen molar-refractivity contribution in [3.63, 3.8) is 0 Å². The molecule has 1 aliphatic heterocycles. The Morgan fingerprint density at radius 1 is 0.938 bits per heavy atom. The fourth-order valence-electron chi connectivity index (χ4n) is 4.71. The first kappa shape index (κ1) is 22.8. The minimum absolute atomic E-state index is 0.134. The predicted molar refractivity (Wildman–Crippen MR) is 127 cm³/mol. The second-order valence-electron chi connectivity index (χ2n) is 9.19. The second kappa shape index (κ2) is 10.0. The Morgan fingerprint density at radius 2 is 1.56 bits per heavy atom. The van der Waals surface area contributed by atoms with Crippen molar-refractivity contribution in [2.75, 3.05) is 24.4 Å². The van der Waals surface area contributed by atoms with Crippen LogP contribution in [0.4, 0.5) is 5.69 Å². The Morgan fingerprint density at radius 3 is 2.19 bits per heavy atom. The summed E-state index contributed by atoms with van der Waals surface area (Å²) in [5.41, 5.74) is 2.05. The van der Waals surface area contributed by atoms with E-state index in [4.69, 9.17) is 0 Å². The van der Waals surface area contributed by atoms with Crippen molar-refractivity contribution >= 4 is 21.6 Å². The van der Waals surface area contributed by atoms with Gasteiger partial charge in [0.25, 0.3) is 15.9 Å². The van der Waals surface area contributed by atoms with E-state index < -0.39 is 10.0 Å². The molecule has 1 amide bonds. The molecule has 2 N–H and O–H groups in total. The van der Waals surface area contributed by atoms with Gasteiger partial charge in [0, 0.05) is 36.9 Å². The summed E-state index contributed by atoms with van der Waals surface area (Å²) in [5, 5.41) is 3.12. The van der Waals surface area contributed by atoms with Crippen molar-refractivity contribution in [2.45, 2.75) is 56.4 Å². The van der Waals surface area contributed by atoms with Crippen LogP contribution in [0.2, 0.25) is 0 Å². The van der Waals surface area contributed by atoms with Crippen LogP contribution in [0.3, 0.4) is 0 Å². The molecule has 2 aliphatic rings. The van der Waals surface area contributed by atoms with E-state index in [2.05, 4.69) is 14.9 Å². The van der Waals surface area contributed by atoms with Gasteiger partial charge in [0.2, 0.25) is 0 Å². The van der Waals surface area contributed by atoms with Crippen LogP contribution in [0.25, 0.3) is 0 Å². The number of aryl methyl sites for hydroxylation is 1. The van der Waals surface area contributed by atoms with Gasteiger partial charge in [-0.1, -0.05) is 30.5 Å². The minimum Gasteiger partial charge on any atom is -0.349 e. The summed E-state index contributed by atoms with van der Waals surface area (Å²) in [4.78, 5) is 15.3. The van der Waals surface area contributed by atoms with Gasteiger partial charge in [-0.05, 0) is 74.9 Å². The Bertz CT molecular complexity index is 1010. The molecule has 4 rings (SSSR count). The van der Waals surface area contributed by atoms with Crippen molar-refractivity contribution in [1.82, 2.24) is 10.2 Å². The number of piperidine rings is 1. The van der Waals surface area contributed by atoms with Crippen molar-refractivity contribution in [2.24, 2.45) is 5.92 Å². The van der Waals surface area contributed by atoms with Crippen LogP contribution in [-0.4, -0.2) is 44.9 Å². The highest BCUT2D eigenvalue weighted by Crippen LogP contribution is 2.26. The molecule has 1 saturated heterocycles. The number of hydrogen-bond donors (Lipinski definition) is 2. The van der Waals surface area contributed by atoms with E-state index in [9.17, 15) is 13.2 Å². The molecular formula is C25H33N3O3S. The lowest BCUT2D eigenvalue weighted by atomic mass is 10.0. The largest absolute Gasteiger partial charge is 0.349 e. The van der Waals surface area contributed by atoms with Crippen molar-refractivity contribution in [3.8, 4) is 0 Å². The third-order valence-electron chi connectivity index (χ3n) is 6.64. The zero-order chi connectivity index (χ0) is 22.6. The average molecular weight is 456 g/mol. The standard InChI is InChI=1S/C25H33N3O3S/c1-19-6-10-23(11-7-19)27-32(30,31)24-12-8-21(9-13-24)25(29)26-22-14-16-28(17-15-22)18-20-4-2-3-5-20/h6-13,20,22,27H,2-5,14-18H2,1H3,(H,26,29). The Hall–Kier alpha value is -2.38. The number of hydrogen-bond acceptors (Lipinski definition) is 4. The summed E-state index contributed by atoms with van der Waals surface area (Å²) in [6, 6.07) is 13.5. The quantitative estimate of drug-likeness (QED) is 0.657. The number of anilines is 1. The molecule has 1 aliphatic carbocycles. The van der Waals surface area contributed by atoms with E-state index in [0.29, 0.717) is 11.3 Å². The first-order valence-corrected chi connectivity index (χ1v) is 13.1. The first-order valence-electron chi connectivity index (χ1n) is 11.6. The van der Waals surface area contributed by atoms with Gasteiger partial charge in [0.15, 0.2) is 0 Å². The highest BCUT2D eigenvalue weighted by Gasteiger charge is 2.24. The van der Waals surface area contributed by atoms with Crippen molar-refractivity contribution < 1.29 is 13.2 Å². The predicted octanol–water partition coefficient (Wildman–Crippen LogP) is 4.18. The van der Waals surface area contributed by atoms with Gasteiger partial charge >= 0.3 is 0 Å². The number of carbonyl (C=O) groups excluding carboxylic acids is 1. The number of amides is 1. The van der Waals surface area contributed by atoms with Gasteiger partial charge in [-0.3, -0.25) is 9.52 Å². The fourth-order valence-corrected chi connectivity index (χ4v) is 5.77.